The molecule has 12 nitrogen and oxygen atoms in total. The Bertz CT molecular complexity index is 3040. The number of hydrogen-bond donors (Lipinski definition) is 2. The molecule has 0 saturated heterocycles. The molecule has 4 aliphatic rings. The third kappa shape index (κ3) is 7.06. The van der Waals surface area contributed by atoms with Crippen molar-refractivity contribution in [2.75, 3.05) is 26.7 Å². The fraction of sp³-hybridized carbons (Fsp3) is 0.192. The van der Waals surface area contributed by atoms with Crippen molar-refractivity contribution in [1.82, 2.24) is 19.4 Å². The Hall–Kier alpha value is -7.86. The highest BCUT2D eigenvalue weighted by Gasteiger charge is 2.38. The summed E-state index contributed by atoms with van der Waals surface area (Å²) in [5.41, 5.74) is 10.7. The standard InChI is InChI=1S/2C26H22N2O4/c29-26(30-15-17-6-2-1-3-7-17)28-13-12-20-19-8-4-5-9-21(19)27-24(20)25(28)18-10-11-22-23(14-18)32-16-31-22;29-26(30)27-13-12-20-19-8-4-5-9-21(19)28(15-17-6-2-1-3-7-17)25(20)24(27)18-10-11-22-23(14-18)32-16-31-22/h1-11,14,25,27H,12-13,15-16H2;1-11,14,24H,12-13,15-16H2,(H,29,30). The van der Waals surface area contributed by atoms with Gasteiger partial charge in [0.1, 0.15) is 18.7 Å². The van der Waals surface area contributed by atoms with Crippen molar-refractivity contribution in [1.29, 1.82) is 0 Å². The van der Waals surface area contributed by atoms with Crippen LogP contribution in [-0.4, -0.2) is 63.3 Å². The van der Waals surface area contributed by atoms with Crippen LogP contribution in [0, 0.1) is 0 Å². The van der Waals surface area contributed by atoms with Crippen LogP contribution in [0.3, 0.4) is 0 Å². The minimum atomic E-state index is -0.921. The van der Waals surface area contributed by atoms with E-state index < -0.39 is 12.1 Å². The number of amides is 2. The first kappa shape index (κ1) is 39.0. The number of H-pyrrole nitrogens is 1. The molecule has 12 rings (SSSR count). The van der Waals surface area contributed by atoms with E-state index in [1.165, 1.54) is 27.5 Å². The second-order valence-corrected chi connectivity index (χ2v) is 16.3. The van der Waals surface area contributed by atoms with Gasteiger partial charge < -0.3 is 38.3 Å². The number of benzene rings is 6. The maximum atomic E-state index is 13.2. The molecule has 6 heterocycles. The zero-order valence-corrected chi connectivity index (χ0v) is 34.8. The van der Waals surface area contributed by atoms with E-state index >= 15 is 0 Å². The summed E-state index contributed by atoms with van der Waals surface area (Å²) in [6, 6.07) is 47.5. The lowest BCUT2D eigenvalue weighted by atomic mass is 9.92. The van der Waals surface area contributed by atoms with Crippen molar-refractivity contribution in [2.45, 2.75) is 38.1 Å². The molecule has 2 amide bonds. The fourth-order valence-corrected chi connectivity index (χ4v) is 9.71. The van der Waals surface area contributed by atoms with E-state index in [9.17, 15) is 14.7 Å². The predicted molar refractivity (Wildman–Crippen MR) is 240 cm³/mol. The summed E-state index contributed by atoms with van der Waals surface area (Å²) in [5, 5.41) is 12.5. The minimum absolute atomic E-state index is 0.186. The topological polar surface area (TPSA) is 128 Å². The Balaban J connectivity index is 0.000000143. The number of carbonyl (C=O) groups is 2. The first-order valence-electron chi connectivity index (χ1n) is 21.5. The van der Waals surface area contributed by atoms with Crippen LogP contribution >= 0.6 is 0 Å². The van der Waals surface area contributed by atoms with Gasteiger partial charge in [-0.15, -0.1) is 0 Å². The number of nitrogens with one attached hydrogen (secondary N) is 1. The van der Waals surface area contributed by atoms with E-state index in [0.717, 1.165) is 51.3 Å². The summed E-state index contributed by atoms with van der Waals surface area (Å²) in [4.78, 5) is 32.5. The van der Waals surface area contributed by atoms with Gasteiger partial charge in [-0.2, -0.15) is 0 Å². The zero-order chi connectivity index (χ0) is 43.1. The zero-order valence-electron chi connectivity index (χ0n) is 34.8. The number of nitrogens with zero attached hydrogens (tertiary/aromatic N) is 3. The molecule has 2 N–H and O–H groups in total. The number of carbonyl (C=O) groups excluding carboxylic acids is 1. The van der Waals surface area contributed by atoms with E-state index in [1.54, 1.807) is 9.80 Å². The summed E-state index contributed by atoms with van der Waals surface area (Å²) in [7, 11) is 0. The van der Waals surface area contributed by atoms with Crippen LogP contribution in [0.15, 0.2) is 146 Å². The molecule has 0 fully saturated rings. The Morgan fingerprint density at radius 1 is 0.609 bits per heavy atom. The largest absolute Gasteiger partial charge is 0.465 e. The Kier molecular flexibility index (Phi) is 10.0. The number of aromatic amines is 1. The van der Waals surface area contributed by atoms with Gasteiger partial charge in [-0.05, 0) is 82.6 Å². The predicted octanol–water partition coefficient (Wildman–Crippen LogP) is 10.2. The van der Waals surface area contributed by atoms with Gasteiger partial charge >= 0.3 is 12.2 Å². The van der Waals surface area contributed by atoms with Crippen molar-refractivity contribution in [3.63, 3.8) is 0 Å². The van der Waals surface area contributed by atoms with Gasteiger partial charge in [0.05, 0.1) is 0 Å². The van der Waals surface area contributed by atoms with Crippen molar-refractivity contribution in [2.24, 2.45) is 0 Å². The number of ether oxygens (including phenoxy) is 5. The van der Waals surface area contributed by atoms with Crippen molar-refractivity contribution < 1.29 is 38.4 Å². The van der Waals surface area contributed by atoms with Crippen molar-refractivity contribution in [3.8, 4) is 23.0 Å². The molecular formula is C52H44N4O8. The molecule has 320 valence electrons. The number of aromatic nitrogens is 2. The SMILES string of the molecule is O=C(O)N1CCc2c(n(Cc3ccccc3)c3ccccc23)C1c1ccc2c(c1)OCO2.O=C(OCc1ccccc1)N1CCc2c([nH]c3ccccc23)C1c1ccc2c(c1)OCO2. The highest BCUT2D eigenvalue weighted by atomic mass is 16.7. The number of hydrogen-bond acceptors (Lipinski definition) is 7. The maximum Gasteiger partial charge on any atom is 0.410 e. The van der Waals surface area contributed by atoms with E-state index in [1.807, 2.05) is 103 Å². The molecule has 4 aliphatic heterocycles. The third-order valence-electron chi connectivity index (χ3n) is 12.6. The van der Waals surface area contributed by atoms with Crippen LogP contribution < -0.4 is 18.9 Å². The Morgan fingerprint density at radius 3 is 1.89 bits per heavy atom. The minimum Gasteiger partial charge on any atom is -0.465 e. The molecule has 8 aromatic rings. The van der Waals surface area contributed by atoms with Crippen LogP contribution in [0.4, 0.5) is 9.59 Å². The average molecular weight is 853 g/mol. The molecule has 0 bridgehead atoms. The lowest BCUT2D eigenvalue weighted by Crippen LogP contribution is -2.40. The summed E-state index contributed by atoms with van der Waals surface area (Å²) < 4.78 is 30.2. The van der Waals surface area contributed by atoms with E-state index in [0.29, 0.717) is 43.3 Å². The Labute approximate surface area is 368 Å². The molecule has 2 atom stereocenters. The molecule has 6 aromatic carbocycles. The van der Waals surface area contributed by atoms with Gasteiger partial charge in [0.25, 0.3) is 0 Å². The third-order valence-corrected chi connectivity index (χ3v) is 12.6. The second-order valence-electron chi connectivity index (χ2n) is 16.3. The number of para-hydroxylation sites is 2. The van der Waals surface area contributed by atoms with Crippen LogP contribution in [0.5, 0.6) is 23.0 Å². The average Bonchev–Trinajstić information content (AvgIpc) is 4.15. The molecule has 0 saturated carbocycles. The highest BCUT2D eigenvalue weighted by molar-refractivity contribution is 5.88. The van der Waals surface area contributed by atoms with Gasteiger partial charge in [-0.1, -0.05) is 109 Å². The van der Waals surface area contributed by atoms with E-state index in [2.05, 4.69) is 52.0 Å². The van der Waals surface area contributed by atoms with Crippen LogP contribution in [0.25, 0.3) is 21.8 Å². The number of rotatable bonds is 6. The van der Waals surface area contributed by atoms with Gasteiger partial charge in [0, 0.05) is 52.8 Å². The number of carboxylic acid groups (broad SMARTS) is 1. The second kappa shape index (κ2) is 16.4. The van der Waals surface area contributed by atoms with E-state index in [4.69, 9.17) is 23.7 Å². The van der Waals surface area contributed by atoms with Crippen molar-refractivity contribution in [3.05, 3.63) is 190 Å². The number of fused-ring (bicyclic) bond motifs is 8. The summed E-state index contributed by atoms with van der Waals surface area (Å²) in [6.07, 6.45) is 0.196. The van der Waals surface area contributed by atoms with Gasteiger partial charge in [0.15, 0.2) is 23.0 Å². The molecular weight excluding hydrogens is 809 g/mol. The monoisotopic (exact) mass is 852 g/mol. The first-order valence-corrected chi connectivity index (χ1v) is 21.5. The molecule has 64 heavy (non-hydrogen) atoms. The van der Waals surface area contributed by atoms with Crippen LogP contribution in [0.1, 0.15) is 56.9 Å². The quantitative estimate of drug-likeness (QED) is 0.169. The normalized spacial score (nSPS) is 16.8. The van der Waals surface area contributed by atoms with Gasteiger partial charge in [-0.25, -0.2) is 9.59 Å². The smallest absolute Gasteiger partial charge is 0.410 e. The molecule has 0 spiro atoms. The molecule has 2 aromatic heterocycles. The molecule has 0 aliphatic carbocycles. The molecule has 12 heteroatoms. The van der Waals surface area contributed by atoms with Crippen molar-refractivity contribution >= 4 is 34.0 Å². The molecule has 2 unspecified atom stereocenters. The molecule has 0 radical (unpaired) electrons. The lowest BCUT2D eigenvalue weighted by molar-refractivity contribution is 0.0831. The van der Waals surface area contributed by atoms with Gasteiger partial charge in [-0.3, -0.25) is 9.80 Å². The summed E-state index contributed by atoms with van der Waals surface area (Å²) in [6.45, 7) is 2.33. The maximum absolute atomic E-state index is 13.2. The van der Waals surface area contributed by atoms with E-state index in [-0.39, 0.29) is 32.3 Å². The first-order chi connectivity index (χ1) is 31.5. The van der Waals surface area contributed by atoms with Crippen LogP contribution in [-0.2, 0) is 30.7 Å². The Morgan fingerprint density at radius 2 is 1.19 bits per heavy atom. The summed E-state index contributed by atoms with van der Waals surface area (Å²) >= 11 is 0. The van der Waals surface area contributed by atoms with Gasteiger partial charge in [0.2, 0.25) is 13.6 Å². The fourth-order valence-electron chi connectivity index (χ4n) is 9.71. The highest BCUT2D eigenvalue weighted by Crippen LogP contribution is 2.45. The summed E-state index contributed by atoms with van der Waals surface area (Å²) in [5.74, 6) is 2.77. The lowest BCUT2D eigenvalue weighted by Gasteiger charge is -2.35. The van der Waals surface area contributed by atoms with Crippen LogP contribution in [0.2, 0.25) is 0 Å².